The monoisotopic (exact) mass is 262 g/mol. The molecule has 2 aromatic heterocycles. The van der Waals surface area contributed by atoms with Gasteiger partial charge in [0.25, 0.3) is 0 Å². The fourth-order valence-corrected chi connectivity index (χ4v) is 2.15. The zero-order valence-electron chi connectivity index (χ0n) is 8.77. The van der Waals surface area contributed by atoms with E-state index in [0.717, 1.165) is 6.20 Å². The fourth-order valence-electron chi connectivity index (χ4n) is 1.37. The van der Waals surface area contributed by atoms with E-state index in [1.165, 1.54) is 0 Å². The average molecular weight is 262 g/mol. The smallest absolute Gasteiger partial charge is 0.336 e. The highest BCUT2D eigenvalue weighted by Crippen LogP contribution is 2.34. The molecule has 0 spiro atoms. The number of aromatic nitrogens is 3. The van der Waals surface area contributed by atoms with Crippen molar-refractivity contribution in [1.82, 2.24) is 14.5 Å². The van der Waals surface area contributed by atoms with E-state index in [-0.39, 0.29) is 0 Å². The van der Waals surface area contributed by atoms with Crippen LogP contribution in [-0.4, -0.2) is 14.5 Å². The molecule has 2 heterocycles. The van der Waals surface area contributed by atoms with Crippen molar-refractivity contribution in [3.05, 3.63) is 34.3 Å². The first-order valence-corrected chi connectivity index (χ1v) is 5.47. The number of halogens is 3. The third-order valence-electron chi connectivity index (χ3n) is 2.21. The Morgan fingerprint density at radius 2 is 2.12 bits per heavy atom. The predicted octanol–water partition coefficient (Wildman–Crippen LogP) is 1.94. The van der Waals surface area contributed by atoms with Gasteiger partial charge in [0, 0.05) is 30.5 Å². The summed E-state index contributed by atoms with van der Waals surface area (Å²) in [7, 11) is 1.73. The molecule has 2 N–H and O–H groups in total. The van der Waals surface area contributed by atoms with Crippen molar-refractivity contribution in [1.29, 1.82) is 0 Å². The van der Waals surface area contributed by atoms with E-state index in [0.29, 0.717) is 22.0 Å². The summed E-state index contributed by atoms with van der Waals surface area (Å²) >= 11 is 0.540. The van der Waals surface area contributed by atoms with Crippen LogP contribution >= 0.6 is 11.3 Å². The van der Waals surface area contributed by atoms with Crippen molar-refractivity contribution in [2.45, 2.75) is 12.2 Å². The highest BCUT2D eigenvalue weighted by atomic mass is 32.1. The number of hydrogen-bond donors (Lipinski definition) is 1. The Bertz CT molecular complexity index is 516. The van der Waals surface area contributed by atoms with Crippen LogP contribution < -0.4 is 5.73 Å². The SMILES string of the molecule is Cn1ccnc1C(N)c1cnc(C(F)(F)F)s1. The van der Waals surface area contributed by atoms with E-state index in [4.69, 9.17) is 5.73 Å². The number of hydrogen-bond acceptors (Lipinski definition) is 4. The van der Waals surface area contributed by atoms with Gasteiger partial charge in [-0.05, 0) is 0 Å². The molecule has 0 aliphatic rings. The zero-order valence-corrected chi connectivity index (χ0v) is 9.59. The second-order valence-corrected chi connectivity index (χ2v) is 4.50. The van der Waals surface area contributed by atoms with Crippen molar-refractivity contribution in [2.24, 2.45) is 12.8 Å². The van der Waals surface area contributed by atoms with Crippen molar-refractivity contribution in [3.8, 4) is 0 Å². The van der Waals surface area contributed by atoms with Crippen molar-refractivity contribution < 1.29 is 13.2 Å². The number of nitrogens with zero attached hydrogens (tertiary/aromatic N) is 3. The van der Waals surface area contributed by atoms with Gasteiger partial charge < -0.3 is 10.3 Å². The largest absolute Gasteiger partial charge is 0.443 e. The topological polar surface area (TPSA) is 56.7 Å². The van der Waals surface area contributed by atoms with Crippen molar-refractivity contribution in [3.63, 3.8) is 0 Å². The van der Waals surface area contributed by atoms with Crippen LogP contribution in [-0.2, 0) is 13.2 Å². The maximum Gasteiger partial charge on any atom is 0.443 e. The van der Waals surface area contributed by atoms with E-state index < -0.39 is 17.2 Å². The molecule has 0 saturated heterocycles. The maximum absolute atomic E-state index is 12.4. The first-order chi connectivity index (χ1) is 7.89. The maximum atomic E-state index is 12.4. The van der Waals surface area contributed by atoms with Crippen LogP contribution in [0.1, 0.15) is 21.8 Å². The summed E-state index contributed by atoms with van der Waals surface area (Å²) in [5, 5.41) is -0.892. The van der Waals surface area contributed by atoms with E-state index in [2.05, 4.69) is 9.97 Å². The zero-order chi connectivity index (χ0) is 12.6. The Morgan fingerprint density at radius 1 is 1.41 bits per heavy atom. The molecule has 0 saturated carbocycles. The molecule has 0 bridgehead atoms. The molecule has 0 amide bonds. The van der Waals surface area contributed by atoms with Gasteiger partial charge in [0.2, 0.25) is 0 Å². The van der Waals surface area contributed by atoms with Crippen LogP contribution in [0.15, 0.2) is 18.6 Å². The van der Waals surface area contributed by atoms with Gasteiger partial charge in [-0.25, -0.2) is 9.97 Å². The first kappa shape index (κ1) is 12.1. The molecule has 1 unspecified atom stereocenters. The van der Waals surface area contributed by atoms with Crippen molar-refractivity contribution >= 4 is 11.3 Å². The molecular formula is C9H9F3N4S. The van der Waals surface area contributed by atoms with Crippen LogP contribution in [0.3, 0.4) is 0 Å². The standard InChI is InChI=1S/C9H9F3N4S/c1-16-3-2-14-7(16)6(13)5-4-15-8(17-5)9(10,11)12/h2-4,6H,13H2,1H3. The number of aryl methyl sites for hydroxylation is 1. The summed E-state index contributed by atoms with van der Waals surface area (Å²) in [6.07, 6.45) is -0.0566. The Balaban J connectivity index is 2.30. The minimum absolute atomic E-state index is 0.339. The van der Waals surface area contributed by atoms with Crippen LogP contribution in [0.2, 0.25) is 0 Å². The lowest BCUT2D eigenvalue weighted by molar-refractivity contribution is -0.137. The van der Waals surface area contributed by atoms with Crippen LogP contribution in [0.25, 0.3) is 0 Å². The summed E-state index contributed by atoms with van der Waals surface area (Å²) in [5.41, 5.74) is 5.84. The molecule has 2 aromatic rings. The lowest BCUT2D eigenvalue weighted by Gasteiger charge is -2.08. The quantitative estimate of drug-likeness (QED) is 0.899. The lowest BCUT2D eigenvalue weighted by Crippen LogP contribution is -2.15. The second-order valence-electron chi connectivity index (χ2n) is 3.44. The van der Waals surface area contributed by atoms with Crippen molar-refractivity contribution in [2.75, 3.05) is 0 Å². The lowest BCUT2D eigenvalue weighted by atomic mass is 10.2. The summed E-state index contributed by atoms with van der Waals surface area (Å²) in [6.45, 7) is 0. The van der Waals surface area contributed by atoms with Gasteiger partial charge in [-0.15, -0.1) is 11.3 Å². The molecule has 0 fully saturated rings. The Labute approximate surface area is 98.9 Å². The number of alkyl halides is 3. The Kier molecular flexibility index (Phi) is 2.92. The number of thiazole rings is 1. The summed E-state index contributed by atoms with van der Waals surface area (Å²) in [4.78, 5) is 7.66. The van der Waals surface area contributed by atoms with Gasteiger partial charge in [-0.3, -0.25) is 0 Å². The molecule has 0 aromatic carbocycles. The van der Waals surface area contributed by atoms with Gasteiger partial charge >= 0.3 is 6.18 Å². The third kappa shape index (κ3) is 2.32. The third-order valence-corrected chi connectivity index (χ3v) is 3.33. The van der Waals surface area contributed by atoms with Gasteiger partial charge in [0.05, 0.1) is 6.04 Å². The predicted molar refractivity (Wildman–Crippen MR) is 56.4 cm³/mol. The van der Waals surface area contributed by atoms with Crippen LogP contribution in [0.5, 0.6) is 0 Å². The molecule has 92 valence electrons. The van der Waals surface area contributed by atoms with E-state index in [1.807, 2.05) is 0 Å². The Hall–Kier alpha value is -1.41. The number of imidazole rings is 1. The Morgan fingerprint density at radius 3 is 2.59 bits per heavy atom. The molecule has 17 heavy (non-hydrogen) atoms. The normalized spacial score (nSPS) is 13.9. The molecule has 1 atom stereocenters. The number of rotatable bonds is 2. The average Bonchev–Trinajstić information content (AvgIpc) is 2.83. The molecule has 0 aliphatic carbocycles. The van der Waals surface area contributed by atoms with Gasteiger partial charge in [0.1, 0.15) is 5.82 Å². The van der Waals surface area contributed by atoms with Crippen LogP contribution in [0.4, 0.5) is 13.2 Å². The van der Waals surface area contributed by atoms with Crippen LogP contribution in [0, 0.1) is 0 Å². The van der Waals surface area contributed by atoms with Gasteiger partial charge in [-0.2, -0.15) is 13.2 Å². The summed E-state index contributed by atoms with van der Waals surface area (Å²) in [5.74, 6) is 0.502. The highest BCUT2D eigenvalue weighted by Gasteiger charge is 2.35. The minimum atomic E-state index is -4.43. The molecule has 2 rings (SSSR count). The number of nitrogens with two attached hydrogens (primary N) is 1. The fraction of sp³-hybridized carbons (Fsp3) is 0.333. The highest BCUT2D eigenvalue weighted by molar-refractivity contribution is 7.11. The van der Waals surface area contributed by atoms with Gasteiger partial charge in [0.15, 0.2) is 5.01 Å². The molecule has 8 heteroatoms. The second kappa shape index (κ2) is 4.11. The minimum Gasteiger partial charge on any atom is -0.336 e. The van der Waals surface area contributed by atoms with E-state index >= 15 is 0 Å². The molecular weight excluding hydrogens is 253 g/mol. The molecule has 4 nitrogen and oxygen atoms in total. The molecule has 0 radical (unpaired) electrons. The van der Waals surface area contributed by atoms with E-state index in [1.54, 1.807) is 24.0 Å². The molecule has 0 aliphatic heterocycles. The summed E-state index contributed by atoms with van der Waals surface area (Å²) < 4.78 is 38.8. The summed E-state index contributed by atoms with van der Waals surface area (Å²) in [6, 6.07) is -0.691. The van der Waals surface area contributed by atoms with E-state index in [9.17, 15) is 13.2 Å². The first-order valence-electron chi connectivity index (χ1n) is 4.65. The van der Waals surface area contributed by atoms with Gasteiger partial charge in [-0.1, -0.05) is 0 Å².